The zero-order valence-electron chi connectivity index (χ0n) is 21.4. The summed E-state index contributed by atoms with van der Waals surface area (Å²) in [6.07, 6.45) is -4.60. The second kappa shape index (κ2) is 9.89. The van der Waals surface area contributed by atoms with Crippen LogP contribution >= 0.6 is 0 Å². The van der Waals surface area contributed by atoms with Gasteiger partial charge in [0.15, 0.2) is 5.88 Å². The van der Waals surface area contributed by atoms with Crippen molar-refractivity contribution >= 4 is 17.5 Å². The molecule has 2 N–H and O–H groups in total. The van der Waals surface area contributed by atoms with Crippen molar-refractivity contribution in [3.8, 4) is 6.07 Å². The van der Waals surface area contributed by atoms with Crippen LogP contribution in [-0.2, 0) is 20.4 Å². The van der Waals surface area contributed by atoms with Crippen molar-refractivity contribution in [3.63, 3.8) is 0 Å². The van der Waals surface area contributed by atoms with E-state index in [0.717, 1.165) is 12.1 Å². The molecule has 1 fully saturated rings. The minimum atomic E-state index is -4.60. The zero-order chi connectivity index (χ0) is 27.8. The summed E-state index contributed by atoms with van der Waals surface area (Å²) in [7, 11) is 0. The highest BCUT2D eigenvalue weighted by Gasteiger charge is 2.44. The Hall–Kier alpha value is -4.26. The summed E-state index contributed by atoms with van der Waals surface area (Å²) in [6.45, 7) is 7.39. The third-order valence-electron chi connectivity index (χ3n) is 6.36. The molecule has 2 aliphatic heterocycles. The molecule has 0 radical (unpaired) electrons. The molecule has 198 valence electrons. The molecule has 0 amide bonds. The number of allylic oxidation sites excluding steroid dienone is 1. The van der Waals surface area contributed by atoms with Crippen molar-refractivity contribution < 1.29 is 27.4 Å². The number of carbonyl (C=O) groups excluding carboxylic acids is 1. The van der Waals surface area contributed by atoms with Crippen LogP contribution in [-0.4, -0.2) is 30.6 Å². The fourth-order valence-corrected chi connectivity index (χ4v) is 4.62. The van der Waals surface area contributed by atoms with Crippen LogP contribution in [0, 0.1) is 16.7 Å². The summed E-state index contributed by atoms with van der Waals surface area (Å²) in [4.78, 5) is 14.7. The number of nitrogens with one attached hydrogen (secondary N) is 2. The third-order valence-corrected chi connectivity index (χ3v) is 6.36. The summed E-state index contributed by atoms with van der Waals surface area (Å²) < 4.78 is 52.0. The van der Waals surface area contributed by atoms with Crippen molar-refractivity contribution in [3.05, 3.63) is 87.9 Å². The van der Waals surface area contributed by atoms with Crippen molar-refractivity contribution in [1.29, 1.82) is 10.7 Å². The van der Waals surface area contributed by atoms with Gasteiger partial charge < -0.3 is 14.8 Å². The fourth-order valence-electron chi connectivity index (χ4n) is 4.62. The molecule has 1 unspecified atom stereocenters. The van der Waals surface area contributed by atoms with Gasteiger partial charge in [-0.1, -0.05) is 18.2 Å². The lowest BCUT2D eigenvalue weighted by Crippen LogP contribution is -2.42. The maximum atomic E-state index is 13.6. The van der Waals surface area contributed by atoms with Crippen LogP contribution < -0.4 is 10.2 Å². The van der Waals surface area contributed by atoms with Gasteiger partial charge >= 0.3 is 12.1 Å². The lowest BCUT2D eigenvalue weighted by Gasteiger charge is -2.38. The first kappa shape index (κ1) is 26.8. The highest BCUT2D eigenvalue weighted by Crippen LogP contribution is 2.45. The van der Waals surface area contributed by atoms with Crippen LogP contribution in [0.5, 0.6) is 0 Å². The van der Waals surface area contributed by atoms with E-state index in [1.54, 1.807) is 38.1 Å². The van der Waals surface area contributed by atoms with E-state index < -0.39 is 29.2 Å². The van der Waals surface area contributed by atoms with E-state index in [1.165, 1.54) is 17.0 Å². The van der Waals surface area contributed by atoms with Crippen molar-refractivity contribution in [2.45, 2.75) is 45.3 Å². The summed E-state index contributed by atoms with van der Waals surface area (Å²) in [5.74, 6) is -1.41. The highest BCUT2D eigenvalue weighted by molar-refractivity contribution is 6.16. The van der Waals surface area contributed by atoms with E-state index >= 15 is 0 Å². The third kappa shape index (κ3) is 4.96. The predicted molar refractivity (Wildman–Crippen MR) is 135 cm³/mol. The number of hydrogen-bond donors (Lipinski definition) is 2. The number of amidine groups is 1. The summed E-state index contributed by atoms with van der Waals surface area (Å²) in [5, 5.41) is 21.7. The molecule has 0 aromatic heterocycles. The number of benzene rings is 2. The van der Waals surface area contributed by atoms with E-state index in [4.69, 9.17) is 9.47 Å². The van der Waals surface area contributed by atoms with E-state index in [0.29, 0.717) is 11.1 Å². The van der Waals surface area contributed by atoms with Gasteiger partial charge in [0.2, 0.25) is 0 Å². The number of carbonyl (C=O) groups is 1. The number of esters is 1. The normalized spacial score (nSPS) is 21.1. The Kier molecular flexibility index (Phi) is 6.98. The van der Waals surface area contributed by atoms with E-state index in [-0.39, 0.29) is 47.5 Å². The molecule has 0 spiro atoms. The lowest BCUT2D eigenvalue weighted by molar-refractivity contribution is -0.139. The van der Waals surface area contributed by atoms with E-state index in [9.17, 15) is 28.6 Å². The number of anilines is 1. The monoisotopic (exact) mass is 524 g/mol. The quantitative estimate of drug-likeness (QED) is 0.505. The number of halogens is 3. The summed E-state index contributed by atoms with van der Waals surface area (Å²) in [6, 6.07) is 13.2. The van der Waals surface area contributed by atoms with Gasteiger partial charge in [-0.15, -0.1) is 0 Å². The van der Waals surface area contributed by atoms with Gasteiger partial charge in [0.25, 0.3) is 0 Å². The van der Waals surface area contributed by atoms with E-state index in [2.05, 4.69) is 11.4 Å². The average molecular weight is 525 g/mol. The lowest BCUT2D eigenvalue weighted by atomic mass is 9.79. The van der Waals surface area contributed by atoms with Gasteiger partial charge in [-0.3, -0.25) is 10.3 Å². The first-order valence-electron chi connectivity index (χ1n) is 12.0. The molecule has 2 heterocycles. The smallest absolute Gasteiger partial charge is 0.416 e. The Morgan fingerprint density at radius 3 is 2.50 bits per heavy atom. The molecular weight excluding hydrogens is 497 g/mol. The minimum Gasteiger partial charge on any atom is -0.476 e. The molecular formula is C28H27F3N4O3. The molecule has 1 atom stereocenters. The predicted octanol–water partition coefficient (Wildman–Crippen LogP) is 5.61. The second-order valence-electron chi connectivity index (χ2n) is 9.66. The Morgan fingerprint density at radius 1 is 1.26 bits per heavy atom. The van der Waals surface area contributed by atoms with Crippen molar-refractivity contribution in [2.24, 2.45) is 0 Å². The first-order chi connectivity index (χ1) is 17.9. The molecule has 1 saturated heterocycles. The molecule has 2 aromatic rings. The maximum Gasteiger partial charge on any atom is 0.416 e. The Bertz CT molecular complexity index is 1390. The molecule has 2 aromatic carbocycles. The van der Waals surface area contributed by atoms with Gasteiger partial charge in [-0.05, 0) is 63.6 Å². The number of alkyl halides is 3. The molecule has 0 aliphatic carbocycles. The molecule has 0 bridgehead atoms. The van der Waals surface area contributed by atoms with Gasteiger partial charge in [0.1, 0.15) is 12.4 Å². The SMILES string of the molecule is CCOC(=O)C1=C(C)N(c2cccc(C(F)(F)F)c2)C(=N)/C(=C2/NC(C)(C)CO2)C1c1ccc(C#N)cc1. The number of nitrogens with zero attached hydrogens (tertiary/aromatic N) is 2. The van der Waals surface area contributed by atoms with Gasteiger partial charge in [0.05, 0.1) is 46.4 Å². The molecule has 7 nitrogen and oxygen atoms in total. The zero-order valence-corrected chi connectivity index (χ0v) is 21.4. The second-order valence-corrected chi connectivity index (χ2v) is 9.66. The molecule has 2 aliphatic rings. The largest absolute Gasteiger partial charge is 0.476 e. The topological polar surface area (TPSA) is 98.4 Å². The van der Waals surface area contributed by atoms with Gasteiger partial charge in [-0.2, -0.15) is 18.4 Å². The van der Waals surface area contributed by atoms with Crippen LogP contribution in [0.4, 0.5) is 18.9 Å². The molecule has 4 rings (SSSR count). The number of rotatable bonds is 4. The first-order valence-corrected chi connectivity index (χ1v) is 12.0. The molecule has 0 saturated carbocycles. The van der Waals surface area contributed by atoms with Gasteiger partial charge in [0, 0.05) is 11.4 Å². The Labute approximate surface area is 218 Å². The number of ether oxygens (including phenoxy) is 2. The minimum absolute atomic E-state index is 0.0674. The number of hydrogen-bond acceptors (Lipinski definition) is 6. The fraction of sp³-hybridized carbons (Fsp3) is 0.321. The average Bonchev–Trinajstić information content (AvgIpc) is 3.22. The van der Waals surface area contributed by atoms with Gasteiger partial charge in [-0.25, -0.2) is 4.79 Å². The molecule has 38 heavy (non-hydrogen) atoms. The van der Waals surface area contributed by atoms with Crippen LogP contribution in [0.3, 0.4) is 0 Å². The summed E-state index contributed by atoms with van der Waals surface area (Å²) >= 11 is 0. The highest BCUT2D eigenvalue weighted by atomic mass is 19.4. The Balaban J connectivity index is 2.02. The Morgan fingerprint density at radius 2 is 1.95 bits per heavy atom. The van der Waals surface area contributed by atoms with Crippen molar-refractivity contribution in [2.75, 3.05) is 18.1 Å². The van der Waals surface area contributed by atoms with Crippen molar-refractivity contribution in [1.82, 2.24) is 5.32 Å². The van der Waals surface area contributed by atoms with Crippen LogP contribution in [0.15, 0.2) is 71.3 Å². The summed E-state index contributed by atoms with van der Waals surface area (Å²) in [5.41, 5.74) is 0.384. The number of nitriles is 1. The van der Waals surface area contributed by atoms with Crippen LogP contribution in [0.2, 0.25) is 0 Å². The van der Waals surface area contributed by atoms with Crippen LogP contribution in [0.1, 0.15) is 50.3 Å². The van der Waals surface area contributed by atoms with E-state index in [1.807, 2.05) is 13.8 Å². The standard InChI is InChI=1S/C28H27F3N4O3/c1-5-37-26(36)21-16(2)35(20-8-6-7-19(13-20)28(29,30)31)24(33)23(25-34-27(3,4)15-38-25)22(21)18-11-9-17(14-32)10-12-18/h6-13,22,33-34H,5,15H2,1-4H3/b25-23-,33-24?. The molecule has 10 heteroatoms. The maximum absolute atomic E-state index is 13.6. The van der Waals surface area contributed by atoms with Crippen LogP contribution in [0.25, 0.3) is 0 Å².